The summed E-state index contributed by atoms with van der Waals surface area (Å²) in [6, 6.07) is 13.8. The molecule has 5 heteroatoms. The zero-order valence-electron chi connectivity index (χ0n) is 13.5. The van der Waals surface area contributed by atoms with Crippen LogP contribution in [0.4, 0.5) is 5.69 Å². The Balaban J connectivity index is 2.04. The highest BCUT2D eigenvalue weighted by molar-refractivity contribution is 5.91. The second-order valence-corrected chi connectivity index (χ2v) is 5.32. The van der Waals surface area contributed by atoms with Crippen molar-refractivity contribution in [3.8, 4) is 17.1 Å². The van der Waals surface area contributed by atoms with Gasteiger partial charge in [-0.1, -0.05) is 0 Å². The average Bonchev–Trinajstić information content (AvgIpc) is 2.55. The second-order valence-electron chi connectivity index (χ2n) is 5.32. The molecule has 0 aliphatic carbocycles. The molecule has 1 N–H and O–H groups in total. The molecule has 0 radical (unpaired) electrons. The summed E-state index contributed by atoms with van der Waals surface area (Å²) < 4.78 is 11.3. The van der Waals surface area contributed by atoms with Crippen LogP contribution in [0.5, 0.6) is 5.75 Å². The van der Waals surface area contributed by atoms with Gasteiger partial charge in [0.15, 0.2) is 5.43 Å². The summed E-state index contributed by atoms with van der Waals surface area (Å²) in [5.74, 6) is 1.05. The summed E-state index contributed by atoms with van der Waals surface area (Å²) in [6.45, 7) is 3.94. The van der Waals surface area contributed by atoms with E-state index in [1.54, 1.807) is 18.2 Å². The molecule has 3 rings (SSSR count). The van der Waals surface area contributed by atoms with Gasteiger partial charge < -0.3 is 14.5 Å². The Kier molecular flexibility index (Phi) is 4.33. The summed E-state index contributed by atoms with van der Waals surface area (Å²) in [5, 5.41) is 3.15. The van der Waals surface area contributed by atoms with Gasteiger partial charge in [0.25, 0.3) is 0 Å². The highest BCUT2D eigenvalue weighted by Crippen LogP contribution is 2.25. The Morgan fingerprint density at radius 1 is 1.12 bits per heavy atom. The number of hydrogen-bond acceptors (Lipinski definition) is 4. The van der Waals surface area contributed by atoms with Crippen molar-refractivity contribution >= 4 is 22.6 Å². The van der Waals surface area contributed by atoms with E-state index in [9.17, 15) is 9.59 Å². The van der Waals surface area contributed by atoms with E-state index < -0.39 is 0 Å². The molecule has 1 amide bonds. The van der Waals surface area contributed by atoms with Crippen LogP contribution in [0.25, 0.3) is 22.3 Å². The fourth-order valence-corrected chi connectivity index (χ4v) is 2.46. The number of carbonyl (C=O) groups excluding carboxylic acids is 1. The maximum atomic E-state index is 12.3. The van der Waals surface area contributed by atoms with Crippen LogP contribution < -0.4 is 15.5 Å². The molecule has 0 bridgehead atoms. The monoisotopic (exact) mass is 323 g/mol. The Morgan fingerprint density at radius 3 is 2.54 bits per heavy atom. The SMILES string of the molecule is CCOc1ccc(-c2cc(=O)c3ccc(NC(C)=O)cc3o2)cc1. The first-order valence-electron chi connectivity index (χ1n) is 7.65. The minimum Gasteiger partial charge on any atom is -0.494 e. The summed E-state index contributed by atoms with van der Waals surface area (Å²) in [6.07, 6.45) is 0. The lowest BCUT2D eigenvalue weighted by atomic mass is 10.1. The first-order valence-corrected chi connectivity index (χ1v) is 7.65. The topological polar surface area (TPSA) is 68.5 Å². The zero-order chi connectivity index (χ0) is 17.1. The number of anilines is 1. The van der Waals surface area contributed by atoms with Crippen molar-refractivity contribution in [3.63, 3.8) is 0 Å². The number of ether oxygens (including phenoxy) is 1. The Labute approximate surface area is 138 Å². The molecule has 0 aliphatic rings. The Hall–Kier alpha value is -3.08. The first-order chi connectivity index (χ1) is 11.6. The summed E-state index contributed by atoms with van der Waals surface area (Å²) in [4.78, 5) is 23.5. The minimum absolute atomic E-state index is 0.130. The molecule has 0 saturated heterocycles. The predicted octanol–water partition coefficient (Wildman–Crippen LogP) is 3.82. The molecule has 0 saturated carbocycles. The lowest BCUT2D eigenvalue weighted by Crippen LogP contribution is -2.06. The van der Waals surface area contributed by atoms with Crippen LogP contribution in [0, 0.1) is 0 Å². The molecule has 0 atom stereocenters. The molecule has 0 unspecified atom stereocenters. The van der Waals surface area contributed by atoms with E-state index in [0.29, 0.717) is 29.0 Å². The third kappa shape index (κ3) is 3.30. The number of carbonyl (C=O) groups is 1. The number of benzene rings is 2. The molecule has 24 heavy (non-hydrogen) atoms. The van der Waals surface area contributed by atoms with Gasteiger partial charge in [-0.25, -0.2) is 0 Å². The van der Waals surface area contributed by atoms with Crippen molar-refractivity contribution in [2.24, 2.45) is 0 Å². The molecule has 5 nitrogen and oxygen atoms in total. The number of hydrogen-bond donors (Lipinski definition) is 1. The highest BCUT2D eigenvalue weighted by Gasteiger charge is 2.08. The van der Waals surface area contributed by atoms with Crippen molar-refractivity contribution in [1.29, 1.82) is 0 Å². The van der Waals surface area contributed by atoms with Crippen molar-refractivity contribution in [1.82, 2.24) is 0 Å². The zero-order valence-corrected chi connectivity index (χ0v) is 13.5. The lowest BCUT2D eigenvalue weighted by Gasteiger charge is -2.07. The molecular weight excluding hydrogens is 306 g/mol. The third-order valence-corrected chi connectivity index (χ3v) is 3.50. The van der Waals surface area contributed by atoms with Gasteiger partial charge in [0.05, 0.1) is 12.0 Å². The molecule has 1 heterocycles. The van der Waals surface area contributed by atoms with Crippen molar-refractivity contribution in [3.05, 3.63) is 58.8 Å². The maximum Gasteiger partial charge on any atom is 0.221 e. The fraction of sp³-hybridized carbons (Fsp3) is 0.158. The quantitative estimate of drug-likeness (QED) is 0.792. The van der Waals surface area contributed by atoms with Crippen molar-refractivity contribution in [2.75, 3.05) is 11.9 Å². The summed E-state index contributed by atoms with van der Waals surface area (Å²) in [7, 11) is 0. The summed E-state index contributed by atoms with van der Waals surface area (Å²) in [5.41, 5.74) is 1.66. The van der Waals surface area contributed by atoms with Gasteiger partial charge in [0.1, 0.15) is 17.1 Å². The molecule has 0 aliphatic heterocycles. The molecule has 2 aromatic carbocycles. The predicted molar refractivity (Wildman–Crippen MR) is 93.4 cm³/mol. The van der Waals surface area contributed by atoms with E-state index in [2.05, 4.69) is 5.32 Å². The molecule has 122 valence electrons. The van der Waals surface area contributed by atoms with Crippen LogP contribution in [0.1, 0.15) is 13.8 Å². The van der Waals surface area contributed by atoms with E-state index >= 15 is 0 Å². The van der Waals surface area contributed by atoms with Crippen LogP contribution in [0.2, 0.25) is 0 Å². The minimum atomic E-state index is -0.181. The largest absolute Gasteiger partial charge is 0.494 e. The molecule has 3 aromatic rings. The van der Waals surface area contributed by atoms with E-state index in [1.807, 2.05) is 31.2 Å². The van der Waals surface area contributed by atoms with E-state index in [0.717, 1.165) is 11.3 Å². The molecular formula is C19H17NO4. The number of fused-ring (bicyclic) bond motifs is 1. The average molecular weight is 323 g/mol. The maximum absolute atomic E-state index is 12.3. The molecule has 0 spiro atoms. The first kappa shape index (κ1) is 15.8. The van der Waals surface area contributed by atoms with Crippen LogP contribution in [0.15, 0.2) is 57.7 Å². The Morgan fingerprint density at radius 2 is 1.88 bits per heavy atom. The van der Waals surface area contributed by atoms with Crippen molar-refractivity contribution < 1.29 is 13.9 Å². The van der Waals surface area contributed by atoms with E-state index in [-0.39, 0.29) is 11.3 Å². The smallest absolute Gasteiger partial charge is 0.221 e. The van der Waals surface area contributed by atoms with Gasteiger partial charge in [-0.3, -0.25) is 9.59 Å². The van der Waals surface area contributed by atoms with Gasteiger partial charge in [0.2, 0.25) is 5.91 Å². The van der Waals surface area contributed by atoms with Gasteiger partial charge in [-0.15, -0.1) is 0 Å². The standard InChI is InChI=1S/C19H17NO4/c1-3-23-15-7-4-13(5-8-15)18-11-17(22)16-9-6-14(20-12(2)21)10-19(16)24-18/h4-11H,3H2,1-2H3,(H,20,21). The van der Waals surface area contributed by atoms with Gasteiger partial charge in [-0.05, 0) is 43.3 Å². The van der Waals surface area contributed by atoms with Crippen LogP contribution >= 0.6 is 0 Å². The molecule has 1 aromatic heterocycles. The number of rotatable bonds is 4. The van der Waals surface area contributed by atoms with E-state index in [1.165, 1.54) is 13.0 Å². The van der Waals surface area contributed by atoms with E-state index in [4.69, 9.17) is 9.15 Å². The van der Waals surface area contributed by atoms with Gasteiger partial charge in [0, 0.05) is 30.3 Å². The lowest BCUT2D eigenvalue weighted by molar-refractivity contribution is -0.114. The normalized spacial score (nSPS) is 10.6. The molecule has 0 fully saturated rings. The highest BCUT2D eigenvalue weighted by atomic mass is 16.5. The third-order valence-electron chi connectivity index (χ3n) is 3.50. The van der Waals surface area contributed by atoms with Crippen molar-refractivity contribution in [2.45, 2.75) is 13.8 Å². The van der Waals surface area contributed by atoms with Gasteiger partial charge >= 0.3 is 0 Å². The van der Waals surface area contributed by atoms with Crippen LogP contribution in [-0.2, 0) is 4.79 Å². The second kappa shape index (κ2) is 6.58. The number of nitrogens with one attached hydrogen (secondary N) is 1. The Bertz CT molecular complexity index is 942. The van der Waals surface area contributed by atoms with Crippen LogP contribution in [-0.4, -0.2) is 12.5 Å². The van der Waals surface area contributed by atoms with Crippen LogP contribution in [0.3, 0.4) is 0 Å². The van der Waals surface area contributed by atoms with Gasteiger partial charge in [-0.2, -0.15) is 0 Å². The number of amides is 1. The fourth-order valence-electron chi connectivity index (χ4n) is 2.46. The summed E-state index contributed by atoms with van der Waals surface area (Å²) >= 11 is 0.